The van der Waals surface area contributed by atoms with Crippen LogP contribution in [-0.2, 0) is 19.1 Å². The van der Waals surface area contributed by atoms with Crippen molar-refractivity contribution in [2.45, 2.75) is 24.4 Å². The average Bonchev–Trinajstić information content (AvgIpc) is 2.99. The normalized spacial score (nSPS) is 48.4. The Morgan fingerprint density at radius 2 is 2.39 bits per heavy atom. The molecule has 6 nitrogen and oxygen atoms in total. The van der Waals surface area contributed by atoms with Gasteiger partial charge in [0.1, 0.15) is 11.5 Å². The fourth-order valence-electron chi connectivity index (χ4n) is 3.74. The van der Waals surface area contributed by atoms with E-state index in [0.29, 0.717) is 13.2 Å². The minimum Gasteiger partial charge on any atom is -0.481 e. The molecule has 4 heterocycles. The van der Waals surface area contributed by atoms with Crippen molar-refractivity contribution in [3.63, 3.8) is 0 Å². The number of carbonyl (C=O) groups excluding carboxylic acids is 1. The van der Waals surface area contributed by atoms with E-state index in [4.69, 9.17) is 9.47 Å². The topological polar surface area (TPSA) is 76.1 Å². The summed E-state index contributed by atoms with van der Waals surface area (Å²) in [4.78, 5) is 25.4. The number of rotatable bonds is 1. The molecule has 0 saturated carbocycles. The number of aliphatic carboxylic acids is 1. The molecule has 3 saturated heterocycles. The minimum absolute atomic E-state index is 0.140. The molecule has 0 radical (unpaired) electrons. The summed E-state index contributed by atoms with van der Waals surface area (Å²) in [6.45, 7) is 1.21. The Morgan fingerprint density at radius 1 is 1.56 bits per heavy atom. The summed E-state index contributed by atoms with van der Waals surface area (Å²) < 4.78 is 11.5. The van der Waals surface area contributed by atoms with Gasteiger partial charge < -0.3 is 19.5 Å². The molecule has 1 amide bonds. The van der Waals surface area contributed by atoms with E-state index in [2.05, 4.69) is 0 Å². The van der Waals surface area contributed by atoms with E-state index in [9.17, 15) is 14.7 Å². The van der Waals surface area contributed by atoms with E-state index in [0.717, 1.165) is 6.42 Å². The van der Waals surface area contributed by atoms with Gasteiger partial charge in [0, 0.05) is 6.54 Å². The molecule has 0 aromatic heterocycles. The molecule has 1 spiro atoms. The lowest BCUT2D eigenvalue weighted by Crippen LogP contribution is -2.49. The van der Waals surface area contributed by atoms with Crippen LogP contribution in [0, 0.1) is 11.8 Å². The summed E-state index contributed by atoms with van der Waals surface area (Å²) in [6, 6.07) is 0. The van der Waals surface area contributed by atoms with Crippen molar-refractivity contribution in [1.29, 1.82) is 0 Å². The maximum atomic E-state index is 12.4. The monoisotopic (exact) mass is 251 g/mol. The largest absolute Gasteiger partial charge is 0.481 e. The summed E-state index contributed by atoms with van der Waals surface area (Å²) in [5, 5.41) is 9.30. The van der Waals surface area contributed by atoms with E-state index < -0.39 is 35.7 Å². The number of amides is 1. The lowest BCUT2D eigenvalue weighted by molar-refractivity contribution is -0.168. The molecule has 1 N–H and O–H groups in total. The van der Waals surface area contributed by atoms with Crippen LogP contribution in [0.2, 0.25) is 0 Å². The number of fused-ring (bicyclic) bond motifs is 2. The minimum atomic E-state index is -0.968. The highest BCUT2D eigenvalue weighted by molar-refractivity contribution is 5.91. The second-order valence-corrected chi connectivity index (χ2v) is 5.25. The summed E-state index contributed by atoms with van der Waals surface area (Å²) in [6.07, 6.45) is 3.42. The lowest BCUT2D eigenvalue weighted by atomic mass is 9.76. The van der Waals surface area contributed by atoms with Gasteiger partial charge in [0.2, 0.25) is 5.91 Å². The molecular formula is C12H13NO5. The van der Waals surface area contributed by atoms with Crippen LogP contribution >= 0.6 is 0 Å². The van der Waals surface area contributed by atoms with Crippen molar-refractivity contribution >= 4 is 11.9 Å². The van der Waals surface area contributed by atoms with Crippen LogP contribution in [-0.4, -0.2) is 53.0 Å². The first-order chi connectivity index (χ1) is 8.65. The zero-order chi connectivity index (χ0) is 12.5. The fourth-order valence-corrected chi connectivity index (χ4v) is 3.74. The Balaban J connectivity index is 1.82. The summed E-state index contributed by atoms with van der Waals surface area (Å²) in [5.74, 6) is -2.52. The molecule has 0 aliphatic carbocycles. The van der Waals surface area contributed by atoms with E-state index in [1.165, 1.54) is 0 Å². The smallest absolute Gasteiger partial charge is 0.310 e. The summed E-state index contributed by atoms with van der Waals surface area (Å²) in [5.41, 5.74) is -0.870. The number of carbonyl (C=O) groups is 2. The SMILES string of the molecule is O=C(O)[C@H]1[C@@H]2C=C[C@@]3(O2)[C@@H]2OCCCN2C(=O)[C@@H]13. The van der Waals surface area contributed by atoms with Gasteiger partial charge in [0.05, 0.1) is 18.6 Å². The lowest BCUT2D eigenvalue weighted by Gasteiger charge is -2.36. The van der Waals surface area contributed by atoms with Crippen LogP contribution in [0.4, 0.5) is 0 Å². The van der Waals surface area contributed by atoms with Crippen LogP contribution in [0.3, 0.4) is 0 Å². The molecule has 0 unspecified atom stereocenters. The molecule has 3 fully saturated rings. The maximum absolute atomic E-state index is 12.4. The predicted molar refractivity (Wildman–Crippen MR) is 57.4 cm³/mol. The van der Waals surface area contributed by atoms with E-state index in [-0.39, 0.29) is 5.91 Å². The average molecular weight is 251 g/mol. The van der Waals surface area contributed by atoms with E-state index >= 15 is 0 Å². The van der Waals surface area contributed by atoms with E-state index in [1.54, 1.807) is 11.0 Å². The number of ether oxygens (including phenoxy) is 2. The summed E-state index contributed by atoms with van der Waals surface area (Å²) in [7, 11) is 0. The zero-order valence-corrected chi connectivity index (χ0v) is 9.61. The number of carboxylic acids is 1. The zero-order valence-electron chi connectivity index (χ0n) is 9.61. The van der Waals surface area contributed by atoms with Gasteiger partial charge in [-0.05, 0) is 12.5 Å². The van der Waals surface area contributed by atoms with Gasteiger partial charge in [-0.2, -0.15) is 0 Å². The fraction of sp³-hybridized carbons (Fsp3) is 0.667. The second-order valence-electron chi connectivity index (χ2n) is 5.25. The number of nitrogens with zero attached hydrogens (tertiary/aromatic N) is 1. The Morgan fingerprint density at radius 3 is 3.17 bits per heavy atom. The van der Waals surface area contributed by atoms with Gasteiger partial charge in [-0.3, -0.25) is 9.59 Å². The third-order valence-electron chi connectivity index (χ3n) is 4.41. The first kappa shape index (κ1) is 10.5. The summed E-state index contributed by atoms with van der Waals surface area (Å²) >= 11 is 0. The van der Waals surface area contributed by atoms with Crippen LogP contribution < -0.4 is 0 Å². The highest BCUT2D eigenvalue weighted by Gasteiger charge is 2.72. The van der Waals surface area contributed by atoms with Gasteiger partial charge in [0.25, 0.3) is 0 Å². The van der Waals surface area contributed by atoms with Gasteiger partial charge in [-0.15, -0.1) is 0 Å². The van der Waals surface area contributed by atoms with Crippen molar-refractivity contribution in [3.05, 3.63) is 12.2 Å². The van der Waals surface area contributed by atoms with Crippen molar-refractivity contribution in [3.8, 4) is 0 Å². The maximum Gasteiger partial charge on any atom is 0.310 e. The molecule has 0 aromatic rings. The van der Waals surface area contributed by atoms with Crippen molar-refractivity contribution in [1.82, 2.24) is 4.90 Å². The highest BCUT2D eigenvalue weighted by atomic mass is 16.6. The molecule has 0 aromatic carbocycles. The second kappa shape index (κ2) is 3.13. The Kier molecular flexibility index (Phi) is 1.83. The van der Waals surface area contributed by atoms with Crippen molar-refractivity contribution in [2.75, 3.05) is 13.2 Å². The number of hydrogen-bond acceptors (Lipinski definition) is 4. The van der Waals surface area contributed by atoms with Gasteiger partial charge >= 0.3 is 5.97 Å². The molecule has 4 rings (SSSR count). The van der Waals surface area contributed by atoms with Crippen molar-refractivity contribution < 1.29 is 24.2 Å². The third-order valence-corrected chi connectivity index (χ3v) is 4.41. The number of carboxylic acid groups (broad SMARTS) is 1. The third kappa shape index (κ3) is 0.976. The van der Waals surface area contributed by atoms with Crippen LogP contribution in [0.15, 0.2) is 12.2 Å². The molecule has 5 atom stereocenters. The molecule has 4 aliphatic heterocycles. The Labute approximate surface area is 103 Å². The molecule has 2 bridgehead atoms. The van der Waals surface area contributed by atoms with Crippen LogP contribution in [0.1, 0.15) is 6.42 Å². The molecular weight excluding hydrogens is 238 g/mol. The van der Waals surface area contributed by atoms with Crippen LogP contribution in [0.25, 0.3) is 0 Å². The molecule has 4 aliphatic rings. The molecule has 6 heteroatoms. The molecule has 96 valence electrons. The number of hydrogen-bond donors (Lipinski definition) is 1. The quantitative estimate of drug-likeness (QED) is 0.642. The van der Waals surface area contributed by atoms with Gasteiger partial charge in [-0.1, -0.05) is 6.08 Å². The predicted octanol–water partition coefficient (Wildman–Crippen LogP) is -0.401. The first-order valence-electron chi connectivity index (χ1n) is 6.17. The van der Waals surface area contributed by atoms with Crippen molar-refractivity contribution in [2.24, 2.45) is 11.8 Å². The standard InChI is InChI=1S/C12H13NO5/c14-9-8-7(10(15)16)6-2-3-12(8,18-6)11-13(9)4-1-5-17-11/h2-3,6-8,11H,1,4-5H2,(H,15,16)/t6-,7-,8+,11-,12-/m0/s1. The Hall–Kier alpha value is -1.40. The molecule has 18 heavy (non-hydrogen) atoms. The van der Waals surface area contributed by atoms with Gasteiger partial charge in [0.15, 0.2) is 6.23 Å². The highest BCUT2D eigenvalue weighted by Crippen LogP contribution is 2.55. The Bertz CT molecular complexity index is 475. The van der Waals surface area contributed by atoms with Crippen LogP contribution in [0.5, 0.6) is 0 Å². The van der Waals surface area contributed by atoms with Gasteiger partial charge in [-0.25, -0.2) is 0 Å². The first-order valence-corrected chi connectivity index (χ1v) is 6.17. The van der Waals surface area contributed by atoms with E-state index in [1.807, 2.05) is 6.08 Å².